The summed E-state index contributed by atoms with van der Waals surface area (Å²) in [5.74, 6) is -0.202. The highest BCUT2D eigenvalue weighted by atomic mass is 32.1. The van der Waals surface area contributed by atoms with Crippen LogP contribution in [0.4, 0.5) is 5.13 Å². The van der Waals surface area contributed by atoms with Gasteiger partial charge in [-0.15, -0.1) is 0 Å². The lowest BCUT2D eigenvalue weighted by Crippen LogP contribution is -2.26. The molecule has 9 heteroatoms. The first-order chi connectivity index (χ1) is 13.5. The standard InChI is InChI=1S/C19H19N5O3S/c20-16(25)14-10-21-19(28-14)23-17(26)11-6-7-12-13(9-11)22-15-5-3-1-2-4-8-24(15)18(12)27/h6-7,9-10H,1-5,8H2,(H2,20,25)(H,21,23,26). The maximum absolute atomic E-state index is 12.8. The number of hydrogen-bond donors (Lipinski definition) is 2. The van der Waals surface area contributed by atoms with Crippen LogP contribution in [0.3, 0.4) is 0 Å². The average Bonchev–Trinajstić information content (AvgIpc) is 3.12. The Hall–Kier alpha value is -3.07. The monoisotopic (exact) mass is 397 g/mol. The van der Waals surface area contributed by atoms with Crippen LogP contribution in [0.25, 0.3) is 10.9 Å². The van der Waals surface area contributed by atoms with Crippen molar-refractivity contribution in [3.05, 3.63) is 51.0 Å². The molecule has 1 aromatic carbocycles. The van der Waals surface area contributed by atoms with Crippen molar-refractivity contribution in [1.29, 1.82) is 0 Å². The maximum atomic E-state index is 12.8. The zero-order valence-corrected chi connectivity index (χ0v) is 15.9. The Balaban J connectivity index is 1.66. The molecule has 0 saturated heterocycles. The van der Waals surface area contributed by atoms with E-state index in [1.165, 1.54) is 6.20 Å². The lowest BCUT2D eigenvalue weighted by atomic mass is 10.1. The van der Waals surface area contributed by atoms with E-state index in [-0.39, 0.29) is 21.5 Å². The van der Waals surface area contributed by atoms with Gasteiger partial charge in [0.1, 0.15) is 10.7 Å². The van der Waals surface area contributed by atoms with Crippen LogP contribution in [0.5, 0.6) is 0 Å². The number of aryl methyl sites for hydroxylation is 1. The first-order valence-corrected chi connectivity index (χ1v) is 9.95. The summed E-state index contributed by atoms with van der Waals surface area (Å²) >= 11 is 1.01. The van der Waals surface area contributed by atoms with E-state index in [2.05, 4.69) is 15.3 Å². The molecule has 144 valence electrons. The lowest BCUT2D eigenvalue weighted by Gasteiger charge is -2.16. The topological polar surface area (TPSA) is 120 Å². The molecule has 0 radical (unpaired) electrons. The third-order valence-corrected chi connectivity index (χ3v) is 5.72. The first-order valence-electron chi connectivity index (χ1n) is 9.13. The molecule has 1 aliphatic rings. The van der Waals surface area contributed by atoms with Gasteiger partial charge >= 0.3 is 0 Å². The molecular formula is C19H19N5O3S. The van der Waals surface area contributed by atoms with Crippen molar-refractivity contribution in [2.75, 3.05) is 5.32 Å². The number of fused-ring (bicyclic) bond motifs is 2. The summed E-state index contributed by atoms with van der Waals surface area (Å²) in [6, 6.07) is 4.86. The minimum absolute atomic E-state index is 0.0557. The summed E-state index contributed by atoms with van der Waals surface area (Å²) in [5.41, 5.74) is 6.03. The molecule has 0 atom stereocenters. The average molecular weight is 397 g/mol. The fraction of sp³-hybridized carbons (Fsp3) is 0.316. The van der Waals surface area contributed by atoms with E-state index in [1.807, 2.05) is 0 Å². The van der Waals surface area contributed by atoms with Gasteiger partial charge in [0.15, 0.2) is 5.13 Å². The van der Waals surface area contributed by atoms with Gasteiger partial charge in [0.2, 0.25) is 0 Å². The molecule has 0 spiro atoms. The van der Waals surface area contributed by atoms with Gasteiger partial charge in [0.25, 0.3) is 17.4 Å². The normalized spacial score (nSPS) is 14.1. The molecule has 2 amide bonds. The van der Waals surface area contributed by atoms with E-state index in [0.29, 0.717) is 23.0 Å². The predicted octanol–water partition coefficient (Wildman–Crippen LogP) is 2.32. The highest BCUT2D eigenvalue weighted by Gasteiger charge is 2.16. The molecule has 0 bridgehead atoms. The zero-order valence-electron chi connectivity index (χ0n) is 15.1. The van der Waals surface area contributed by atoms with Crippen molar-refractivity contribution < 1.29 is 9.59 Å². The minimum atomic E-state index is -0.593. The number of carbonyl (C=O) groups is 2. The summed E-state index contributed by atoms with van der Waals surface area (Å²) < 4.78 is 1.77. The first kappa shape index (κ1) is 18.3. The Morgan fingerprint density at radius 3 is 2.79 bits per heavy atom. The quantitative estimate of drug-likeness (QED) is 0.703. The fourth-order valence-electron chi connectivity index (χ4n) is 3.35. The Morgan fingerprint density at radius 1 is 1.18 bits per heavy atom. The van der Waals surface area contributed by atoms with Crippen LogP contribution < -0.4 is 16.6 Å². The number of nitrogens with zero attached hydrogens (tertiary/aromatic N) is 3. The summed E-state index contributed by atoms with van der Waals surface area (Å²) in [7, 11) is 0. The molecule has 28 heavy (non-hydrogen) atoms. The molecule has 8 nitrogen and oxygen atoms in total. The summed E-state index contributed by atoms with van der Waals surface area (Å²) in [4.78, 5) is 45.4. The number of nitrogens with two attached hydrogens (primary N) is 1. The van der Waals surface area contributed by atoms with Crippen molar-refractivity contribution >= 4 is 39.2 Å². The smallest absolute Gasteiger partial charge is 0.261 e. The van der Waals surface area contributed by atoms with Gasteiger partial charge in [-0.3, -0.25) is 24.3 Å². The van der Waals surface area contributed by atoms with E-state index in [0.717, 1.165) is 49.3 Å². The van der Waals surface area contributed by atoms with E-state index in [4.69, 9.17) is 5.73 Å². The highest BCUT2D eigenvalue weighted by molar-refractivity contribution is 7.17. The number of primary amides is 1. The molecule has 3 N–H and O–H groups in total. The molecule has 3 heterocycles. The second-order valence-electron chi connectivity index (χ2n) is 6.73. The second kappa shape index (κ2) is 7.51. The molecule has 0 unspecified atom stereocenters. The Labute approximate surface area is 164 Å². The van der Waals surface area contributed by atoms with Gasteiger partial charge in [-0.05, 0) is 31.0 Å². The molecule has 1 aliphatic heterocycles. The molecule has 0 fully saturated rings. The fourth-order valence-corrected chi connectivity index (χ4v) is 4.01. The molecule has 2 aromatic heterocycles. The maximum Gasteiger partial charge on any atom is 0.261 e. The van der Waals surface area contributed by atoms with Crippen LogP contribution in [-0.4, -0.2) is 26.3 Å². The molecule has 4 rings (SSSR count). The van der Waals surface area contributed by atoms with E-state index >= 15 is 0 Å². The summed E-state index contributed by atoms with van der Waals surface area (Å²) in [6.07, 6.45) is 6.32. The predicted molar refractivity (Wildman–Crippen MR) is 107 cm³/mol. The van der Waals surface area contributed by atoms with Crippen LogP contribution in [0.15, 0.2) is 29.2 Å². The van der Waals surface area contributed by atoms with Crippen LogP contribution in [0, 0.1) is 0 Å². The van der Waals surface area contributed by atoms with Crippen molar-refractivity contribution in [3.8, 4) is 0 Å². The van der Waals surface area contributed by atoms with E-state index < -0.39 is 5.91 Å². The van der Waals surface area contributed by atoms with E-state index in [1.54, 1.807) is 22.8 Å². The van der Waals surface area contributed by atoms with Crippen LogP contribution >= 0.6 is 11.3 Å². The number of aromatic nitrogens is 3. The van der Waals surface area contributed by atoms with Crippen molar-refractivity contribution in [2.24, 2.45) is 5.73 Å². The highest BCUT2D eigenvalue weighted by Crippen LogP contribution is 2.20. The molecule has 0 aliphatic carbocycles. The number of amides is 2. The third-order valence-electron chi connectivity index (χ3n) is 4.80. The van der Waals surface area contributed by atoms with Gasteiger partial charge < -0.3 is 5.73 Å². The number of benzene rings is 1. The van der Waals surface area contributed by atoms with Crippen LogP contribution in [-0.2, 0) is 13.0 Å². The van der Waals surface area contributed by atoms with Gasteiger partial charge in [-0.2, -0.15) is 0 Å². The lowest BCUT2D eigenvalue weighted by molar-refractivity contribution is 0.100. The number of carbonyl (C=O) groups excluding carboxylic acids is 2. The molecule has 3 aromatic rings. The molecular weight excluding hydrogens is 378 g/mol. The van der Waals surface area contributed by atoms with E-state index in [9.17, 15) is 14.4 Å². The second-order valence-corrected chi connectivity index (χ2v) is 7.76. The largest absolute Gasteiger partial charge is 0.365 e. The number of rotatable bonds is 3. The van der Waals surface area contributed by atoms with Gasteiger partial charge in [-0.25, -0.2) is 9.97 Å². The Morgan fingerprint density at radius 2 is 2.00 bits per heavy atom. The van der Waals surface area contributed by atoms with Crippen molar-refractivity contribution in [1.82, 2.24) is 14.5 Å². The number of anilines is 1. The van der Waals surface area contributed by atoms with Crippen molar-refractivity contribution in [3.63, 3.8) is 0 Å². The zero-order chi connectivity index (χ0) is 19.7. The Kier molecular flexibility index (Phi) is 4.91. The van der Waals surface area contributed by atoms with Crippen molar-refractivity contribution in [2.45, 2.75) is 38.6 Å². The third kappa shape index (κ3) is 3.53. The SMILES string of the molecule is NC(=O)c1cnc(NC(=O)c2ccc3c(=O)n4c(nc3c2)CCCCCC4)s1. The summed E-state index contributed by atoms with van der Waals surface area (Å²) in [5, 5.41) is 3.43. The van der Waals surface area contributed by atoms with Gasteiger partial charge in [0, 0.05) is 18.5 Å². The Bertz CT molecular complexity index is 1130. The van der Waals surface area contributed by atoms with Crippen LogP contribution in [0.2, 0.25) is 0 Å². The number of thiazole rings is 1. The van der Waals surface area contributed by atoms with Gasteiger partial charge in [0.05, 0.1) is 17.1 Å². The summed E-state index contributed by atoms with van der Waals surface area (Å²) in [6.45, 7) is 0.686. The van der Waals surface area contributed by atoms with Gasteiger partial charge in [-0.1, -0.05) is 24.2 Å². The minimum Gasteiger partial charge on any atom is -0.365 e. The van der Waals surface area contributed by atoms with Crippen LogP contribution in [0.1, 0.15) is 51.5 Å². The number of hydrogen-bond acceptors (Lipinski definition) is 6. The number of nitrogens with one attached hydrogen (secondary N) is 1. The molecule has 0 saturated carbocycles.